The highest BCUT2D eigenvalue weighted by molar-refractivity contribution is 5.72. The van der Waals surface area contributed by atoms with Crippen molar-refractivity contribution in [1.82, 2.24) is 9.80 Å². The quantitative estimate of drug-likeness (QED) is 0.0517. The molecule has 0 saturated carbocycles. The van der Waals surface area contributed by atoms with E-state index in [4.69, 9.17) is 9.47 Å². The van der Waals surface area contributed by atoms with Crippen LogP contribution in [0.15, 0.2) is 48.5 Å². The van der Waals surface area contributed by atoms with Gasteiger partial charge < -0.3 is 9.47 Å². The number of unbranched alkanes of at least 4 members (excludes halogenated alkanes) is 18. The molecule has 0 aliphatic heterocycles. The summed E-state index contributed by atoms with van der Waals surface area (Å²) in [5.41, 5.74) is 4.19. The zero-order valence-electron chi connectivity index (χ0n) is 35.4. The summed E-state index contributed by atoms with van der Waals surface area (Å²) in [5, 5.41) is 0. The lowest BCUT2D eigenvalue weighted by atomic mass is 10.0. The van der Waals surface area contributed by atoms with Gasteiger partial charge in [-0.1, -0.05) is 192 Å². The zero-order chi connectivity index (χ0) is 38.9. The molecule has 0 spiro atoms. The van der Waals surface area contributed by atoms with Gasteiger partial charge in [0, 0.05) is 0 Å². The molecule has 0 heterocycles. The van der Waals surface area contributed by atoms with Gasteiger partial charge in [0.2, 0.25) is 0 Å². The van der Waals surface area contributed by atoms with E-state index in [1.165, 1.54) is 116 Å². The zero-order valence-corrected chi connectivity index (χ0v) is 35.4. The summed E-state index contributed by atoms with van der Waals surface area (Å²) in [6, 6.07) is 16.5. The molecule has 0 N–H and O–H groups in total. The van der Waals surface area contributed by atoms with Crippen LogP contribution in [0.3, 0.4) is 0 Å². The Balaban J connectivity index is 1.79. The van der Waals surface area contributed by atoms with Crippen molar-refractivity contribution in [3.63, 3.8) is 0 Å². The van der Waals surface area contributed by atoms with Crippen molar-refractivity contribution < 1.29 is 19.1 Å². The van der Waals surface area contributed by atoms with E-state index in [9.17, 15) is 9.59 Å². The van der Waals surface area contributed by atoms with E-state index in [0.29, 0.717) is 26.3 Å². The van der Waals surface area contributed by atoms with Crippen LogP contribution in [0.4, 0.5) is 0 Å². The molecule has 54 heavy (non-hydrogen) atoms. The first-order valence-corrected chi connectivity index (χ1v) is 22.4. The van der Waals surface area contributed by atoms with Crippen LogP contribution in [-0.4, -0.2) is 61.0 Å². The van der Waals surface area contributed by atoms with Crippen molar-refractivity contribution in [3.05, 3.63) is 59.7 Å². The van der Waals surface area contributed by atoms with Crippen LogP contribution < -0.4 is 0 Å². The lowest BCUT2D eigenvalue weighted by molar-refractivity contribution is -0.147. The number of hydrogen-bond donors (Lipinski definition) is 0. The summed E-state index contributed by atoms with van der Waals surface area (Å²) in [7, 11) is 0. The van der Waals surface area contributed by atoms with E-state index in [0.717, 1.165) is 74.1 Å². The molecule has 2 aromatic carbocycles. The summed E-state index contributed by atoms with van der Waals surface area (Å²) in [6.07, 6.45) is 27.5. The van der Waals surface area contributed by atoms with E-state index >= 15 is 0 Å². The van der Waals surface area contributed by atoms with E-state index in [-0.39, 0.29) is 11.9 Å². The number of ether oxygens (including phenoxy) is 2. The number of rotatable bonds is 35. The minimum absolute atomic E-state index is 0.136. The summed E-state index contributed by atoms with van der Waals surface area (Å²) in [5.74, 6) is -0.273. The Hall–Kier alpha value is -2.70. The van der Waals surface area contributed by atoms with Crippen LogP contribution in [0.2, 0.25) is 0 Å². The number of nitrogens with zero attached hydrogens (tertiary/aromatic N) is 2. The Labute approximate surface area is 332 Å². The minimum Gasteiger partial charge on any atom is -0.460 e. The van der Waals surface area contributed by atoms with Crippen molar-refractivity contribution in [2.75, 3.05) is 39.3 Å². The Morgan fingerprint density at radius 1 is 0.389 bits per heavy atom. The molecule has 0 aromatic heterocycles. The molecular formula is C48H80N2O4. The highest BCUT2D eigenvalue weighted by Gasteiger charge is 2.14. The summed E-state index contributed by atoms with van der Waals surface area (Å²) >= 11 is 0. The fourth-order valence-corrected chi connectivity index (χ4v) is 7.02. The van der Waals surface area contributed by atoms with Gasteiger partial charge in [-0.05, 0) is 74.1 Å². The molecule has 0 radical (unpaired) electrons. The highest BCUT2D eigenvalue weighted by atomic mass is 16.5. The Bertz CT molecular complexity index is 1090. The van der Waals surface area contributed by atoms with Crippen LogP contribution in [0.5, 0.6) is 0 Å². The van der Waals surface area contributed by atoms with E-state index in [1.54, 1.807) is 0 Å². The predicted molar refractivity (Wildman–Crippen MR) is 229 cm³/mol. The van der Waals surface area contributed by atoms with E-state index < -0.39 is 0 Å². The van der Waals surface area contributed by atoms with Gasteiger partial charge in [-0.2, -0.15) is 0 Å². The van der Waals surface area contributed by atoms with E-state index in [2.05, 4.69) is 61.8 Å². The van der Waals surface area contributed by atoms with Gasteiger partial charge >= 0.3 is 11.9 Å². The first kappa shape index (κ1) is 47.5. The van der Waals surface area contributed by atoms with Crippen LogP contribution in [0.25, 0.3) is 11.1 Å². The fourth-order valence-electron chi connectivity index (χ4n) is 7.02. The van der Waals surface area contributed by atoms with Crippen molar-refractivity contribution in [2.45, 2.75) is 182 Å². The molecule has 0 fully saturated rings. The molecule has 2 aromatic rings. The van der Waals surface area contributed by atoms with Crippen LogP contribution in [0.1, 0.15) is 180 Å². The third-order valence-corrected chi connectivity index (χ3v) is 10.6. The molecule has 0 aliphatic rings. The van der Waals surface area contributed by atoms with Crippen LogP contribution in [0, 0.1) is 0 Å². The molecule has 0 amide bonds. The predicted octanol–water partition coefficient (Wildman–Crippen LogP) is 12.7. The summed E-state index contributed by atoms with van der Waals surface area (Å²) < 4.78 is 11.5. The second-order valence-corrected chi connectivity index (χ2v) is 15.6. The first-order valence-electron chi connectivity index (χ1n) is 22.4. The van der Waals surface area contributed by atoms with Crippen LogP contribution >= 0.6 is 0 Å². The minimum atomic E-state index is -0.136. The van der Waals surface area contributed by atoms with Gasteiger partial charge in [-0.15, -0.1) is 0 Å². The van der Waals surface area contributed by atoms with Gasteiger partial charge in [-0.3, -0.25) is 19.4 Å². The smallest absolute Gasteiger partial charge is 0.320 e. The SMILES string of the molecule is CCCCCCCCN(CCCCCCC)CC(=O)OCc1ccc(-c2ccc(COC(=O)CN(CCCCCCC)CCCCCCCC)cc2)cc1. The number of benzene rings is 2. The Morgan fingerprint density at radius 3 is 0.926 bits per heavy atom. The highest BCUT2D eigenvalue weighted by Crippen LogP contribution is 2.21. The van der Waals surface area contributed by atoms with Gasteiger partial charge in [0.15, 0.2) is 0 Å². The van der Waals surface area contributed by atoms with Gasteiger partial charge in [0.1, 0.15) is 13.2 Å². The first-order chi connectivity index (χ1) is 26.5. The number of carbonyl (C=O) groups is 2. The number of carbonyl (C=O) groups excluding carboxylic acids is 2. The molecular weight excluding hydrogens is 669 g/mol. The maximum absolute atomic E-state index is 12.9. The fraction of sp³-hybridized carbons (Fsp3) is 0.708. The lowest BCUT2D eigenvalue weighted by Gasteiger charge is -2.21. The molecule has 0 unspecified atom stereocenters. The summed E-state index contributed by atoms with van der Waals surface area (Å²) in [4.78, 5) is 30.3. The molecule has 306 valence electrons. The maximum Gasteiger partial charge on any atom is 0.320 e. The van der Waals surface area contributed by atoms with Crippen molar-refractivity contribution in [2.24, 2.45) is 0 Å². The normalized spacial score (nSPS) is 11.4. The number of esters is 2. The topological polar surface area (TPSA) is 59.1 Å². The molecule has 0 bridgehead atoms. The monoisotopic (exact) mass is 749 g/mol. The maximum atomic E-state index is 12.9. The lowest BCUT2D eigenvalue weighted by Crippen LogP contribution is -2.32. The molecule has 2 rings (SSSR count). The van der Waals surface area contributed by atoms with Crippen molar-refractivity contribution in [1.29, 1.82) is 0 Å². The van der Waals surface area contributed by atoms with Gasteiger partial charge in [-0.25, -0.2) is 0 Å². The third-order valence-electron chi connectivity index (χ3n) is 10.6. The second kappa shape index (κ2) is 32.5. The van der Waals surface area contributed by atoms with Crippen LogP contribution in [-0.2, 0) is 32.3 Å². The van der Waals surface area contributed by atoms with Crippen molar-refractivity contribution in [3.8, 4) is 11.1 Å². The Morgan fingerprint density at radius 2 is 0.648 bits per heavy atom. The van der Waals surface area contributed by atoms with E-state index in [1.807, 2.05) is 24.3 Å². The average Bonchev–Trinajstić information content (AvgIpc) is 3.19. The number of hydrogen-bond acceptors (Lipinski definition) is 6. The molecule has 0 aliphatic carbocycles. The second-order valence-electron chi connectivity index (χ2n) is 15.6. The van der Waals surface area contributed by atoms with Gasteiger partial charge in [0.05, 0.1) is 13.1 Å². The summed E-state index contributed by atoms with van der Waals surface area (Å²) in [6.45, 7) is 14.2. The average molecular weight is 749 g/mol. The molecule has 0 saturated heterocycles. The van der Waals surface area contributed by atoms with Crippen molar-refractivity contribution >= 4 is 11.9 Å². The Kier molecular flexibility index (Phi) is 28.6. The molecule has 6 heteroatoms. The van der Waals surface area contributed by atoms with Gasteiger partial charge in [0.25, 0.3) is 0 Å². The third kappa shape index (κ3) is 23.9. The standard InChI is InChI=1S/C48H80N2O4/c1-5-9-13-17-21-25-37-49(35-23-19-15-11-7-3)39-47(51)53-41-43-27-31-45(32-28-43)46-33-29-44(30-34-46)42-54-48(52)40-50(36-24-20-16-12-8-4)38-26-22-18-14-10-6-2/h27-34H,5-26,35-42H2,1-4H3. The molecule has 6 nitrogen and oxygen atoms in total. The largest absolute Gasteiger partial charge is 0.460 e. The molecule has 0 atom stereocenters.